The van der Waals surface area contributed by atoms with Crippen LogP contribution in [0.15, 0.2) is 42.5 Å². The van der Waals surface area contributed by atoms with Crippen molar-refractivity contribution in [2.75, 3.05) is 5.32 Å². The predicted molar refractivity (Wildman–Crippen MR) is 89.0 cm³/mol. The second-order valence-corrected chi connectivity index (χ2v) is 6.12. The Kier molecular flexibility index (Phi) is 5.32. The molecule has 2 aromatic carbocycles. The molecule has 2 nitrogen and oxygen atoms in total. The SMILES string of the molecule is Cc1cccc(C(C)C)c1NC(=O)Cc1cccc(C(F)(F)F)c1. The summed E-state index contributed by atoms with van der Waals surface area (Å²) in [7, 11) is 0. The highest BCUT2D eigenvalue weighted by Crippen LogP contribution is 2.30. The average Bonchev–Trinajstić information content (AvgIpc) is 2.48. The predicted octanol–water partition coefficient (Wildman–Crippen LogP) is 5.32. The van der Waals surface area contributed by atoms with Gasteiger partial charge in [0.15, 0.2) is 0 Å². The number of hydrogen-bond donors (Lipinski definition) is 1. The molecule has 0 fully saturated rings. The molecule has 128 valence electrons. The van der Waals surface area contributed by atoms with E-state index in [4.69, 9.17) is 0 Å². The number of hydrogen-bond acceptors (Lipinski definition) is 1. The lowest BCUT2D eigenvalue weighted by Crippen LogP contribution is -2.17. The highest BCUT2D eigenvalue weighted by molar-refractivity contribution is 5.93. The van der Waals surface area contributed by atoms with Gasteiger partial charge in [-0.3, -0.25) is 4.79 Å². The van der Waals surface area contributed by atoms with Crippen LogP contribution in [0, 0.1) is 6.92 Å². The lowest BCUT2D eigenvalue weighted by Gasteiger charge is -2.16. The quantitative estimate of drug-likeness (QED) is 0.805. The van der Waals surface area contributed by atoms with Crippen LogP contribution in [0.25, 0.3) is 0 Å². The summed E-state index contributed by atoms with van der Waals surface area (Å²) in [5, 5.41) is 2.85. The zero-order chi connectivity index (χ0) is 17.9. The first kappa shape index (κ1) is 18.0. The van der Waals surface area contributed by atoms with Gasteiger partial charge in [-0.2, -0.15) is 13.2 Å². The summed E-state index contributed by atoms with van der Waals surface area (Å²) in [6.07, 6.45) is -4.51. The van der Waals surface area contributed by atoms with Crippen molar-refractivity contribution >= 4 is 11.6 Å². The third-order valence-corrected chi connectivity index (χ3v) is 3.81. The molecule has 0 atom stereocenters. The first-order valence-corrected chi connectivity index (χ1v) is 7.74. The Morgan fingerprint density at radius 1 is 1.12 bits per heavy atom. The molecule has 1 N–H and O–H groups in total. The van der Waals surface area contributed by atoms with E-state index in [1.807, 2.05) is 39.0 Å². The van der Waals surface area contributed by atoms with E-state index >= 15 is 0 Å². The van der Waals surface area contributed by atoms with Crippen LogP contribution in [-0.2, 0) is 17.4 Å². The van der Waals surface area contributed by atoms with Gasteiger partial charge >= 0.3 is 6.18 Å². The van der Waals surface area contributed by atoms with Gasteiger partial charge < -0.3 is 5.32 Å². The van der Waals surface area contributed by atoms with Crippen molar-refractivity contribution in [2.24, 2.45) is 0 Å². The van der Waals surface area contributed by atoms with Crippen LogP contribution in [0.2, 0.25) is 0 Å². The number of carbonyl (C=O) groups excluding carboxylic acids is 1. The van der Waals surface area contributed by atoms with E-state index in [1.54, 1.807) is 0 Å². The van der Waals surface area contributed by atoms with Gasteiger partial charge in [0.25, 0.3) is 0 Å². The number of nitrogens with one attached hydrogen (secondary N) is 1. The standard InChI is InChI=1S/C19H20F3NO/c1-12(2)16-9-4-6-13(3)18(16)23-17(24)11-14-7-5-8-15(10-14)19(20,21)22/h4-10,12H,11H2,1-3H3,(H,23,24). The molecular weight excluding hydrogens is 315 g/mol. The monoisotopic (exact) mass is 335 g/mol. The molecule has 0 unspecified atom stereocenters. The molecule has 24 heavy (non-hydrogen) atoms. The summed E-state index contributed by atoms with van der Waals surface area (Å²) in [6.45, 7) is 5.94. The van der Waals surface area contributed by atoms with Crippen LogP contribution in [0.1, 0.15) is 42.0 Å². The molecule has 2 rings (SSSR count). The number of benzene rings is 2. The summed E-state index contributed by atoms with van der Waals surface area (Å²) in [5.74, 6) is -0.0979. The van der Waals surface area contributed by atoms with Gasteiger partial charge in [-0.15, -0.1) is 0 Å². The number of halogens is 3. The fourth-order valence-corrected chi connectivity index (χ4v) is 2.57. The van der Waals surface area contributed by atoms with Crippen LogP contribution in [-0.4, -0.2) is 5.91 Å². The Morgan fingerprint density at radius 3 is 2.42 bits per heavy atom. The molecule has 0 saturated heterocycles. The molecule has 0 aliphatic rings. The summed E-state index contributed by atoms with van der Waals surface area (Å²) in [6, 6.07) is 10.6. The molecule has 2 aromatic rings. The lowest BCUT2D eigenvalue weighted by molar-refractivity contribution is -0.137. The normalized spacial score (nSPS) is 11.6. The number of carbonyl (C=O) groups is 1. The minimum Gasteiger partial charge on any atom is -0.325 e. The fraction of sp³-hybridized carbons (Fsp3) is 0.316. The minimum atomic E-state index is -4.41. The van der Waals surface area contributed by atoms with Crippen LogP contribution in [0.5, 0.6) is 0 Å². The molecule has 0 aliphatic heterocycles. The zero-order valence-corrected chi connectivity index (χ0v) is 13.9. The molecule has 0 aromatic heterocycles. The van der Waals surface area contributed by atoms with E-state index in [1.165, 1.54) is 12.1 Å². The first-order valence-electron chi connectivity index (χ1n) is 7.74. The Labute approximate surface area is 139 Å². The van der Waals surface area contributed by atoms with Crippen LogP contribution < -0.4 is 5.32 Å². The van der Waals surface area contributed by atoms with Crippen molar-refractivity contribution in [2.45, 2.75) is 39.3 Å². The van der Waals surface area contributed by atoms with E-state index in [2.05, 4.69) is 5.32 Å². The van der Waals surface area contributed by atoms with Crippen LogP contribution >= 0.6 is 0 Å². The van der Waals surface area contributed by atoms with Gasteiger partial charge in [-0.25, -0.2) is 0 Å². The number of anilines is 1. The summed E-state index contributed by atoms with van der Waals surface area (Å²) in [5.41, 5.74) is 2.27. The lowest BCUT2D eigenvalue weighted by atomic mass is 9.98. The molecule has 1 amide bonds. The Balaban J connectivity index is 2.18. The van der Waals surface area contributed by atoms with Gasteiger partial charge in [0.05, 0.1) is 12.0 Å². The topological polar surface area (TPSA) is 29.1 Å². The van der Waals surface area contributed by atoms with Crippen molar-refractivity contribution in [3.8, 4) is 0 Å². The van der Waals surface area contributed by atoms with Crippen molar-refractivity contribution in [1.82, 2.24) is 0 Å². The van der Waals surface area contributed by atoms with Crippen molar-refractivity contribution < 1.29 is 18.0 Å². The molecule has 0 bridgehead atoms. The zero-order valence-electron chi connectivity index (χ0n) is 13.9. The van der Waals surface area contributed by atoms with E-state index in [0.717, 1.165) is 28.9 Å². The Morgan fingerprint density at radius 2 is 1.79 bits per heavy atom. The van der Waals surface area contributed by atoms with Gasteiger partial charge in [0, 0.05) is 5.69 Å². The van der Waals surface area contributed by atoms with E-state index in [-0.39, 0.29) is 18.2 Å². The van der Waals surface area contributed by atoms with Crippen molar-refractivity contribution in [1.29, 1.82) is 0 Å². The number of rotatable bonds is 4. The highest BCUT2D eigenvalue weighted by atomic mass is 19.4. The molecule has 0 aliphatic carbocycles. The molecule has 0 radical (unpaired) electrons. The number of alkyl halides is 3. The molecule has 0 saturated carbocycles. The molecular formula is C19H20F3NO. The minimum absolute atomic E-state index is 0.101. The Hall–Kier alpha value is -2.30. The largest absolute Gasteiger partial charge is 0.416 e. The van der Waals surface area contributed by atoms with Crippen molar-refractivity contribution in [3.05, 3.63) is 64.7 Å². The van der Waals surface area contributed by atoms with Crippen LogP contribution in [0.3, 0.4) is 0 Å². The second kappa shape index (κ2) is 7.07. The van der Waals surface area contributed by atoms with E-state index in [9.17, 15) is 18.0 Å². The van der Waals surface area contributed by atoms with Gasteiger partial charge in [0.1, 0.15) is 0 Å². The summed E-state index contributed by atoms with van der Waals surface area (Å²) >= 11 is 0. The molecule has 5 heteroatoms. The number of para-hydroxylation sites is 1. The Bertz CT molecular complexity index is 736. The summed E-state index contributed by atoms with van der Waals surface area (Å²) in [4.78, 5) is 12.3. The third kappa shape index (κ3) is 4.37. The van der Waals surface area contributed by atoms with E-state index in [0.29, 0.717) is 5.56 Å². The maximum Gasteiger partial charge on any atom is 0.416 e. The maximum atomic E-state index is 12.7. The maximum absolute atomic E-state index is 12.7. The van der Waals surface area contributed by atoms with Gasteiger partial charge in [-0.1, -0.05) is 50.2 Å². The highest BCUT2D eigenvalue weighted by Gasteiger charge is 2.30. The molecule has 0 heterocycles. The second-order valence-electron chi connectivity index (χ2n) is 6.12. The van der Waals surface area contributed by atoms with Gasteiger partial charge in [0.2, 0.25) is 5.91 Å². The fourth-order valence-electron chi connectivity index (χ4n) is 2.57. The smallest absolute Gasteiger partial charge is 0.325 e. The molecule has 0 spiro atoms. The van der Waals surface area contributed by atoms with Gasteiger partial charge in [-0.05, 0) is 35.6 Å². The number of amides is 1. The number of aryl methyl sites for hydroxylation is 1. The van der Waals surface area contributed by atoms with E-state index < -0.39 is 11.7 Å². The third-order valence-electron chi connectivity index (χ3n) is 3.81. The van der Waals surface area contributed by atoms with Crippen LogP contribution in [0.4, 0.5) is 18.9 Å². The summed E-state index contributed by atoms with van der Waals surface area (Å²) < 4.78 is 38.2. The first-order chi connectivity index (χ1) is 11.2. The average molecular weight is 335 g/mol. The van der Waals surface area contributed by atoms with Crippen molar-refractivity contribution in [3.63, 3.8) is 0 Å².